The van der Waals surface area contributed by atoms with Gasteiger partial charge in [0.15, 0.2) is 0 Å². The Labute approximate surface area is 130 Å². The lowest BCUT2D eigenvalue weighted by molar-refractivity contribution is -0.138. The van der Waals surface area contributed by atoms with E-state index in [-0.39, 0.29) is 11.9 Å². The van der Waals surface area contributed by atoms with Gasteiger partial charge in [-0.05, 0) is 38.0 Å². The number of aromatic amines is 1. The second-order valence-corrected chi connectivity index (χ2v) is 5.76. The van der Waals surface area contributed by atoms with Gasteiger partial charge in [0.1, 0.15) is 5.75 Å². The molecule has 0 bridgehead atoms. The topological polar surface area (TPSA) is 58.2 Å². The standard InChI is InChI=1S/C17H21N3O2/c1-11-15(12(2)19-18-11)10-17(21)20-8-7-16(20)13-5-4-6-14(9-13)22-3/h4-6,9,16H,7-8,10H2,1-3H3,(H,18,19). The van der Waals surface area contributed by atoms with E-state index in [1.807, 2.05) is 36.9 Å². The van der Waals surface area contributed by atoms with E-state index in [2.05, 4.69) is 16.3 Å². The predicted molar refractivity (Wildman–Crippen MR) is 83.8 cm³/mol. The number of amides is 1. The van der Waals surface area contributed by atoms with Crippen LogP contribution in [0.4, 0.5) is 0 Å². The molecule has 0 aliphatic carbocycles. The summed E-state index contributed by atoms with van der Waals surface area (Å²) in [5, 5.41) is 7.10. The van der Waals surface area contributed by atoms with Crippen LogP contribution in [0.15, 0.2) is 24.3 Å². The van der Waals surface area contributed by atoms with Crippen LogP contribution >= 0.6 is 0 Å². The largest absolute Gasteiger partial charge is 0.497 e. The molecule has 3 rings (SSSR count). The summed E-state index contributed by atoms with van der Waals surface area (Å²) >= 11 is 0. The minimum absolute atomic E-state index is 0.159. The van der Waals surface area contributed by atoms with Crippen LogP contribution in [0, 0.1) is 13.8 Å². The third kappa shape index (κ3) is 2.58. The number of H-pyrrole nitrogens is 1. The molecule has 1 saturated heterocycles. The number of carbonyl (C=O) groups excluding carboxylic acids is 1. The van der Waals surface area contributed by atoms with E-state index >= 15 is 0 Å². The third-order valence-corrected chi connectivity index (χ3v) is 4.43. The highest BCUT2D eigenvalue weighted by atomic mass is 16.5. The highest BCUT2D eigenvalue weighted by Crippen LogP contribution is 2.35. The van der Waals surface area contributed by atoms with Crippen molar-refractivity contribution >= 4 is 5.91 Å². The maximum absolute atomic E-state index is 12.6. The maximum Gasteiger partial charge on any atom is 0.227 e. The predicted octanol–water partition coefficient (Wildman–Crippen LogP) is 2.55. The number of carbonyl (C=O) groups is 1. The first-order valence-corrected chi connectivity index (χ1v) is 7.54. The molecule has 5 heteroatoms. The van der Waals surface area contributed by atoms with Crippen molar-refractivity contribution < 1.29 is 9.53 Å². The summed E-state index contributed by atoms with van der Waals surface area (Å²) in [5.74, 6) is 0.991. The van der Waals surface area contributed by atoms with Gasteiger partial charge in [-0.1, -0.05) is 12.1 Å². The fourth-order valence-corrected chi connectivity index (χ4v) is 2.97. The Morgan fingerprint density at radius 2 is 2.27 bits per heavy atom. The van der Waals surface area contributed by atoms with Crippen molar-refractivity contribution in [3.63, 3.8) is 0 Å². The van der Waals surface area contributed by atoms with Crippen molar-refractivity contribution in [3.8, 4) is 5.75 Å². The van der Waals surface area contributed by atoms with Crippen molar-refractivity contribution in [2.24, 2.45) is 0 Å². The zero-order valence-electron chi connectivity index (χ0n) is 13.2. The molecule has 1 aliphatic heterocycles. The summed E-state index contributed by atoms with van der Waals surface area (Å²) in [4.78, 5) is 14.5. The Morgan fingerprint density at radius 1 is 1.45 bits per heavy atom. The molecule has 2 aromatic rings. The zero-order valence-corrected chi connectivity index (χ0v) is 13.2. The molecule has 5 nitrogen and oxygen atoms in total. The average Bonchev–Trinajstić information content (AvgIpc) is 2.78. The van der Waals surface area contributed by atoms with Gasteiger partial charge in [-0.25, -0.2) is 0 Å². The highest BCUT2D eigenvalue weighted by Gasteiger charge is 2.33. The molecule has 1 fully saturated rings. The first kappa shape index (κ1) is 14.6. The van der Waals surface area contributed by atoms with E-state index in [0.717, 1.165) is 41.2 Å². The Morgan fingerprint density at radius 3 is 2.86 bits per heavy atom. The average molecular weight is 299 g/mol. The van der Waals surface area contributed by atoms with Crippen LogP contribution in [-0.4, -0.2) is 34.7 Å². The van der Waals surface area contributed by atoms with Crippen LogP contribution in [0.1, 0.15) is 35.0 Å². The molecule has 1 unspecified atom stereocenters. The summed E-state index contributed by atoms with van der Waals surface area (Å²) < 4.78 is 5.27. The number of aromatic nitrogens is 2. The highest BCUT2D eigenvalue weighted by molar-refractivity contribution is 5.80. The number of ether oxygens (including phenoxy) is 1. The van der Waals surface area contributed by atoms with Crippen molar-refractivity contribution in [1.82, 2.24) is 15.1 Å². The monoisotopic (exact) mass is 299 g/mol. The van der Waals surface area contributed by atoms with E-state index < -0.39 is 0 Å². The molecular weight excluding hydrogens is 278 g/mol. The number of likely N-dealkylation sites (tertiary alicyclic amines) is 1. The number of methoxy groups -OCH3 is 1. The number of benzene rings is 1. The molecule has 1 aliphatic rings. The van der Waals surface area contributed by atoms with Crippen LogP contribution in [0.3, 0.4) is 0 Å². The molecule has 1 atom stereocenters. The fourth-order valence-electron chi connectivity index (χ4n) is 2.97. The summed E-state index contributed by atoms with van der Waals surface area (Å²) in [6.07, 6.45) is 1.41. The van der Waals surface area contributed by atoms with Gasteiger partial charge < -0.3 is 9.64 Å². The lowest BCUT2D eigenvalue weighted by Crippen LogP contribution is -2.45. The molecular formula is C17H21N3O2. The molecule has 22 heavy (non-hydrogen) atoms. The maximum atomic E-state index is 12.6. The Kier molecular flexibility index (Phi) is 3.88. The lowest BCUT2D eigenvalue weighted by atomic mass is 9.93. The zero-order chi connectivity index (χ0) is 15.7. The smallest absolute Gasteiger partial charge is 0.227 e. The minimum Gasteiger partial charge on any atom is -0.497 e. The molecule has 1 aromatic carbocycles. The second-order valence-electron chi connectivity index (χ2n) is 5.76. The fraction of sp³-hybridized carbons (Fsp3) is 0.412. The quantitative estimate of drug-likeness (QED) is 0.944. The third-order valence-electron chi connectivity index (χ3n) is 4.43. The number of hydrogen-bond acceptors (Lipinski definition) is 3. The van der Waals surface area contributed by atoms with Crippen molar-refractivity contribution in [2.75, 3.05) is 13.7 Å². The van der Waals surface area contributed by atoms with Gasteiger partial charge in [-0.15, -0.1) is 0 Å². The summed E-state index contributed by atoms with van der Waals surface area (Å²) in [6, 6.07) is 8.13. The Bertz CT molecular complexity index is 673. The van der Waals surface area contributed by atoms with Gasteiger partial charge in [0.25, 0.3) is 0 Å². The number of aryl methyl sites for hydroxylation is 2. The van der Waals surface area contributed by atoms with E-state index in [0.29, 0.717) is 6.42 Å². The number of nitrogens with one attached hydrogen (secondary N) is 1. The summed E-state index contributed by atoms with van der Waals surface area (Å²) in [7, 11) is 1.66. The molecule has 116 valence electrons. The molecule has 2 heterocycles. The van der Waals surface area contributed by atoms with Gasteiger partial charge in [0.2, 0.25) is 5.91 Å². The first-order chi connectivity index (χ1) is 10.6. The minimum atomic E-state index is 0.159. The SMILES string of the molecule is COc1cccc(C2CCN2C(=O)Cc2c(C)n[nH]c2C)c1. The molecule has 1 amide bonds. The number of nitrogens with zero attached hydrogens (tertiary/aromatic N) is 2. The van der Waals surface area contributed by atoms with Crippen LogP contribution in [0.2, 0.25) is 0 Å². The van der Waals surface area contributed by atoms with Crippen LogP contribution in [0.5, 0.6) is 5.75 Å². The first-order valence-electron chi connectivity index (χ1n) is 7.54. The normalized spacial score (nSPS) is 17.2. The van der Waals surface area contributed by atoms with Gasteiger partial charge in [-0.2, -0.15) is 5.10 Å². The van der Waals surface area contributed by atoms with E-state index in [9.17, 15) is 4.79 Å². The Hall–Kier alpha value is -2.30. The summed E-state index contributed by atoms with van der Waals surface area (Å²) in [6.45, 7) is 4.71. The second kappa shape index (κ2) is 5.83. The summed E-state index contributed by atoms with van der Waals surface area (Å²) in [5.41, 5.74) is 4.04. The Balaban J connectivity index is 1.73. The molecule has 0 saturated carbocycles. The number of rotatable bonds is 4. The van der Waals surface area contributed by atoms with E-state index in [4.69, 9.17) is 4.74 Å². The van der Waals surface area contributed by atoms with Crippen LogP contribution in [-0.2, 0) is 11.2 Å². The van der Waals surface area contributed by atoms with E-state index in [1.54, 1.807) is 7.11 Å². The lowest BCUT2D eigenvalue weighted by Gasteiger charge is -2.41. The van der Waals surface area contributed by atoms with Crippen molar-refractivity contribution in [3.05, 3.63) is 46.8 Å². The molecule has 1 aromatic heterocycles. The van der Waals surface area contributed by atoms with Gasteiger partial charge >= 0.3 is 0 Å². The van der Waals surface area contributed by atoms with Crippen molar-refractivity contribution in [1.29, 1.82) is 0 Å². The molecule has 0 spiro atoms. The molecule has 1 N–H and O–H groups in total. The number of hydrogen-bond donors (Lipinski definition) is 1. The van der Waals surface area contributed by atoms with Crippen LogP contribution in [0.25, 0.3) is 0 Å². The van der Waals surface area contributed by atoms with Gasteiger partial charge in [0, 0.05) is 17.8 Å². The van der Waals surface area contributed by atoms with Gasteiger partial charge in [0.05, 0.1) is 25.3 Å². The van der Waals surface area contributed by atoms with Crippen molar-refractivity contribution in [2.45, 2.75) is 32.7 Å². The molecule has 0 radical (unpaired) electrons. The van der Waals surface area contributed by atoms with Gasteiger partial charge in [-0.3, -0.25) is 9.89 Å². The van der Waals surface area contributed by atoms with E-state index in [1.165, 1.54) is 0 Å². The van der Waals surface area contributed by atoms with Crippen LogP contribution < -0.4 is 4.74 Å².